The zero-order valence-corrected chi connectivity index (χ0v) is 23.4. The van der Waals surface area contributed by atoms with Gasteiger partial charge in [0.05, 0.1) is 11.8 Å². The quantitative estimate of drug-likeness (QED) is 0.232. The number of nitrogens with one attached hydrogen (secondary N) is 2. The smallest absolute Gasteiger partial charge is 0.481 e. The van der Waals surface area contributed by atoms with E-state index in [4.69, 9.17) is 9.90 Å². The van der Waals surface area contributed by atoms with Gasteiger partial charge in [0.15, 0.2) is 0 Å². The third kappa shape index (κ3) is 7.99. The monoisotopic (exact) mass is 614 g/mol. The minimum Gasteiger partial charge on any atom is -0.481 e. The zero-order chi connectivity index (χ0) is 32.0. The lowest BCUT2D eigenvalue weighted by Gasteiger charge is -2.21. The number of amides is 1. The summed E-state index contributed by atoms with van der Waals surface area (Å²) in [5.41, 5.74) is 1.15. The number of benzene rings is 2. The average molecular weight is 615 g/mol. The van der Waals surface area contributed by atoms with Crippen LogP contribution in [0, 0.1) is 18.8 Å². The number of hydrogen-bond donors (Lipinski definition) is 4. The van der Waals surface area contributed by atoms with Gasteiger partial charge in [0, 0.05) is 43.8 Å². The predicted octanol–water partition coefficient (Wildman–Crippen LogP) is 3.47. The SMILES string of the molecule is Cc1cn(CC(Cc2ccc3ccccc3c2)C(=O)O)c(=O)nc1N1CCC(C(=O)Nc2ncc[nH]2)C1.O=C(O)C(F)(F)F. The van der Waals surface area contributed by atoms with Crippen LogP contribution in [-0.4, -0.2) is 66.8 Å². The van der Waals surface area contributed by atoms with Crippen molar-refractivity contribution in [2.75, 3.05) is 23.3 Å². The van der Waals surface area contributed by atoms with Gasteiger partial charge in [-0.05, 0) is 36.1 Å². The lowest BCUT2D eigenvalue weighted by molar-refractivity contribution is -0.192. The number of nitrogens with zero attached hydrogens (tertiary/aromatic N) is 4. The van der Waals surface area contributed by atoms with Gasteiger partial charge in [-0.3, -0.25) is 19.5 Å². The number of imidazole rings is 1. The molecule has 2 unspecified atom stereocenters. The van der Waals surface area contributed by atoms with Gasteiger partial charge in [-0.25, -0.2) is 14.6 Å². The Morgan fingerprint density at radius 3 is 2.48 bits per heavy atom. The number of alkyl halides is 3. The number of hydrogen-bond acceptors (Lipinski definition) is 7. The van der Waals surface area contributed by atoms with E-state index < -0.39 is 29.7 Å². The first-order chi connectivity index (χ1) is 20.8. The maximum atomic E-state index is 12.9. The first-order valence-corrected chi connectivity index (χ1v) is 13.5. The van der Waals surface area contributed by atoms with Crippen LogP contribution >= 0.6 is 0 Å². The fourth-order valence-corrected chi connectivity index (χ4v) is 4.88. The number of rotatable bonds is 8. The summed E-state index contributed by atoms with van der Waals surface area (Å²) < 4.78 is 33.1. The summed E-state index contributed by atoms with van der Waals surface area (Å²) in [6.45, 7) is 2.88. The van der Waals surface area contributed by atoms with Crippen molar-refractivity contribution in [2.45, 2.75) is 32.5 Å². The Bertz CT molecular complexity index is 1710. The van der Waals surface area contributed by atoms with Crippen molar-refractivity contribution in [3.63, 3.8) is 0 Å². The van der Waals surface area contributed by atoms with E-state index in [-0.39, 0.29) is 18.4 Å². The van der Waals surface area contributed by atoms with E-state index >= 15 is 0 Å². The Balaban J connectivity index is 0.000000566. The molecule has 0 radical (unpaired) electrons. The van der Waals surface area contributed by atoms with Crippen LogP contribution in [0.15, 0.2) is 65.8 Å². The largest absolute Gasteiger partial charge is 0.490 e. The molecule has 0 aliphatic carbocycles. The van der Waals surface area contributed by atoms with Crippen molar-refractivity contribution in [1.29, 1.82) is 0 Å². The van der Waals surface area contributed by atoms with Gasteiger partial charge in [0.1, 0.15) is 5.82 Å². The van der Waals surface area contributed by atoms with Gasteiger partial charge in [-0.2, -0.15) is 18.2 Å². The Labute approximate surface area is 248 Å². The number of anilines is 2. The lowest BCUT2D eigenvalue weighted by atomic mass is 9.97. The highest BCUT2D eigenvalue weighted by atomic mass is 19.4. The molecule has 1 amide bonds. The van der Waals surface area contributed by atoms with Crippen LogP contribution in [0.2, 0.25) is 0 Å². The van der Waals surface area contributed by atoms with E-state index in [1.807, 2.05) is 54.3 Å². The van der Waals surface area contributed by atoms with Crippen LogP contribution in [0.1, 0.15) is 17.5 Å². The van der Waals surface area contributed by atoms with Gasteiger partial charge in [0.25, 0.3) is 0 Å². The number of H-pyrrole nitrogens is 1. The molecule has 5 rings (SSSR count). The molecule has 0 bridgehead atoms. The number of fused-ring (bicyclic) bond motifs is 1. The van der Waals surface area contributed by atoms with Crippen LogP contribution in [0.4, 0.5) is 24.9 Å². The summed E-state index contributed by atoms with van der Waals surface area (Å²) in [5.74, 6) is -3.98. The van der Waals surface area contributed by atoms with Crippen LogP contribution in [-0.2, 0) is 27.3 Å². The fourth-order valence-electron chi connectivity index (χ4n) is 4.88. The summed E-state index contributed by atoms with van der Waals surface area (Å²) in [7, 11) is 0. The molecule has 44 heavy (non-hydrogen) atoms. The number of carbonyl (C=O) groups excluding carboxylic acids is 1. The van der Waals surface area contributed by atoms with Crippen molar-refractivity contribution in [3.8, 4) is 0 Å². The first kappa shape index (κ1) is 31.7. The molecule has 12 nitrogen and oxygen atoms in total. The van der Waals surface area contributed by atoms with E-state index in [1.54, 1.807) is 18.6 Å². The number of aryl methyl sites for hydroxylation is 1. The number of halogens is 3. The molecule has 3 heterocycles. The second-order valence-corrected chi connectivity index (χ2v) is 10.3. The molecule has 232 valence electrons. The molecule has 1 aliphatic rings. The van der Waals surface area contributed by atoms with Crippen molar-refractivity contribution < 1.29 is 37.8 Å². The summed E-state index contributed by atoms with van der Waals surface area (Å²) in [4.78, 5) is 59.5. The summed E-state index contributed by atoms with van der Waals surface area (Å²) in [5, 5.41) is 21.9. The topological polar surface area (TPSA) is 171 Å². The van der Waals surface area contributed by atoms with Crippen LogP contribution in [0.3, 0.4) is 0 Å². The standard InChI is InChI=1S/C27H28N6O4.C2HF3O2/c1-17-14-33(16-22(25(35)36)13-18-6-7-19-4-2-3-5-20(19)12-18)27(37)30-23(17)32-11-8-21(15-32)24(34)31-26-28-9-10-29-26;3-2(4,5)1(6)7/h2-7,9-10,12,14,21-22H,8,11,13,15-16H2,1H3,(H,35,36)(H2,28,29,31,34);(H,6,7). The Morgan fingerprint density at radius 2 is 1.84 bits per heavy atom. The highest BCUT2D eigenvalue weighted by Crippen LogP contribution is 2.25. The van der Waals surface area contributed by atoms with Gasteiger partial charge in [-0.1, -0.05) is 42.5 Å². The van der Waals surface area contributed by atoms with Gasteiger partial charge in [0.2, 0.25) is 11.9 Å². The second kappa shape index (κ2) is 13.4. The number of carboxylic acid groups (broad SMARTS) is 2. The van der Waals surface area contributed by atoms with Gasteiger partial charge in [-0.15, -0.1) is 0 Å². The van der Waals surface area contributed by atoms with E-state index in [2.05, 4.69) is 20.3 Å². The number of carboxylic acids is 2. The molecule has 4 N–H and O–H groups in total. The molecule has 2 atom stereocenters. The first-order valence-electron chi connectivity index (χ1n) is 13.5. The summed E-state index contributed by atoms with van der Waals surface area (Å²) in [6.07, 6.45) is 0.706. The predicted molar refractivity (Wildman–Crippen MR) is 153 cm³/mol. The van der Waals surface area contributed by atoms with E-state index in [9.17, 15) is 32.7 Å². The molecular weight excluding hydrogens is 585 g/mol. The number of aromatic nitrogens is 4. The average Bonchev–Trinajstić information content (AvgIpc) is 3.67. The molecular formula is C29H29F3N6O6. The molecule has 1 saturated heterocycles. The third-order valence-corrected chi connectivity index (χ3v) is 7.05. The van der Waals surface area contributed by atoms with Gasteiger partial charge < -0.3 is 20.1 Å². The second-order valence-electron chi connectivity index (χ2n) is 10.3. The van der Waals surface area contributed by atoms with Crippen molar-refractivity contribution >= 4 is 40.4 Å². The molecule has 0 saturated carbocycles. The molecule has 2 aromatic carbocycles. The van der Waals surface area contributed by atoms with E-state index in [0.29, 0.717) is 37.7 Å². The summed E-state index contributed by atoms with van der Waals surface area (Å²) >= 11 is 0. The third-order valence-electron chi connectivity index (χ3n) is 7.05. The maximum absolute atomic E-state index is 12.9. The lowest BCUT2D eigenvalue weighted by Crippen LogP contribution is -2.34. The van der Waals surface area contributed by atoms with Crippen molar-refractivity contribution in [2.24, 2.45) is 11.8 Å². The number of carbonyl (C=O) groups is 3. The maximum Gasteiger partial charge on any atom is 0.490 e. The van der Waals surface area contributed by atoms with Crippen LogP contribution in [0.5, 0.6) is 0 Å². The normalized spacial score (nSPS) is 15.4. The molecule has 0 spiro atoms. The van der Waals surface area contributed by atoms with Gasteiger partial charge >= 0.3 is 23.8 Å². The molecule has 15 heteroatoms. The Morgan fingerprint density at radius 1 is 1.14 bits per heavy atom. The number of aliphatic carboxylic acids is 2. The van der Waals surface area contributed by atoms with E-state index in [0.717, 1.165) is 21.9 Å². The van der Waals surface area contributed by atoms with Crippen LogP contribution in [0.25, 0.3) is 10.8 Å². The Hall–Kier alpha value is -5.21. The summed E-state index contributed by atoms with van der Waals surface area (Å²) in [6, 6.07) is 13.8. The number of aromatic amines is 1. The van der Waals surface area contributed by atoms with E-state index in [1.165, 1.54) is 4.57 Å². The minimum atomic E-state index is -5.08. The molecule has 1 aliphatic heterocycles. The Kier molecular flexibility index (Phi) is 9.66. The fraction of sp³-hybridized carbons (Fsp3) is 0.310. The minimum absolute atomic E-state index is 0.0172. The molecule has 1 fully saturated rings. The zero-order valence-electron chi connectivity index (χ0n) is 23.4. The van der Waals surface area contributed by atoms with Crippen LogP contribution < -0.4 is 15.9 Å². The van der Waals surface area contributed by atoms with Crippen molar-refractivity contribution in [3.05, 3.63) is 82.7 Å². The van der Waals surface area contributed by atoms with Crippen molar-refractivity contribution in [1.82, 2.24) is 19.5 Å². The highest BCUT2D eigenvalue weighted by molar-refractivity contribution is 5.91. The molecule has 2 aromatic heterocycles. The highest BCUT2D eigenvalue weighted by Gasteiger charge is 2.38. The molecule has 4 aromatic rings.